The molecule has 0 unspecified atom stereocenters. The maximum atomic E-state index is 11.6. The molecule has 6 heteroatoms. The first kappa shape index (κ1) is 18.1. The van der Waals surface area contributed by atoms with Gasteiger partial charge in [0, 0.05) is 19.1 Å². The number of unbranched alkanes of at least 4 members (excludes halogenated alkanes) is 1. The monoisotopic (exact) mass is 288 g/mol. The second kappa shape index (κ2) is 9.95. The minimum absolute atomic E-state index is 0.0298. The Hall–Kier alpha value is -0.910. The van der Waals surface area contributed by atoms with Crippen LogP contribution in [0.3, 0.4) is 0 Å². The summed E-state index contributed by atoms with van der Waals surface area (Å²) >= 11 is 1.86. The number of carbonyl (C=O) groups is 1. The van der Waals surface area contributed by atoms with Crippen molar-refractivity contribution in [2.75, 3.05) is 32.1 Å². The van der Waals surface area contributed by atoms with E-state index in [0.717, 1.165) is 13.0 Å². The Morgan fingerprint density at radius 2 is 1.89 bits per heavy atom. The molecule has 3 N–H and O–H groups in total. The Balaban J connectivity index is 3.79. The molecule has 0 fully saturated rings. The Morgan fingerprint density at radius 3 is 2.42 bits per heavy atom. The number of rotatable bonds is 7. The first-order chi connectivity index (χ1) is 8.89. The zero-order chi connectivity index (χ0) is 14.7. The van der Waals surface area contributed by atoms with Gasteiger partial charge in [-0.3, -0.25) is 9.79 Å². The van der Waals surface area contributed by atoms with Crippen LogP contribution in [0.25, 0.3) is 0 Å². The van der Waals surface area contributed by atoms with Crippen LogP contribution in [0.15, 0.2) is 4.99 Å². The van der Waals surface area contributed by atoms with Gasteiger partial charge in [-0.25, -0.2) is 0 Å². The Kier molecular flexibility index (Phi) is 9.47. The molecule has 0 aromatic rings. The van der Waals surface area contributed by atoms with Crippen LogP contribution in [0.4, 0.5) is 0 Å². The Labute approximate surface area is 121 Å². The number of nitrogens with zero attached hydrogens (tertiary/aromatic N) is 1. The summed E-state index contributed by atoms with van der Waals surface area (Å²) in [6, 6.07) is 0. The van der Waals surface area contributed by atoms with Crippen molar-refractivity contribution < 1.29 is 4.79 Å². The van der Waals surface area contributed by atoms with Crippen molar-refractivity contribution in [3.63, 3.8) is 0 Å². The van der Waals surface area contributed by atoms with Gasteiger partial charge in [-0.1, -0.05) is 0 Å². The van der Waals surface area contributed by atoms with Crippen LogP contribution in [0.5, 0.6) is 0 Å². The lowest BCUT2D eigenvalue weighted by molar-refractivity contribution is -0.121. The highest BCUT2D eigenvalue weighted by Crippen LogP contribution is 1.98. The second-order valence-corrected chi connectivity index (χ2v) is 6.34. The minimum Gasteiger partial charge on any atom is -0.356 e. The van der Waals surface area contributed by atoms with Gasteiger partial charge < -0.3 is 16.0 Å². The summed E-state index contributed by atoms with van der Waals surface area (Å²) < 4.78 is 0. The van der Waals surface area contributed by atoms with E-state index < -0.39 is 0 Å². The molecule has 0 aliphatic rings. The van der Waals surface area contributed by atoms with E-state index in [1.165, 1.54) is 12.2 Å². The number of hydrogen-bond acceptors (Lipinski definition) is 3. The molecule has 0 radical (unpaired) electrons. The molecule has 0 aromatic carbocycles. The number of nitrogens with one attached hydrogen (secondary N) is 3. The van der Waals surface area contributed by atoms with Crippen molar-refractivity contribution in [1.82, 2.24) is 16.0 Å². The van der Waals surface area contributed by atoms with Crippen LogP contribution in [0.1, 0.15) is 33.6 Å². The van der Waals surface area contributed by atoms with Crippen molar-refractivity contribution in [1.29, 1.82) is 0 Å². The van der Waals surface area contributed by atoms with Gasteiger partial charge in [0.05, 0.1) is 6.54 Å². The molecule has 112 valence electrons. The number of aliphatic imine (C=N–C) groups is 1. The summed E-state index contributed by atoms with van der Waals surface area (Å²) in [6.45, 7) is 7.00. The molecule has 0 spiro atoms. The molecular formula is C13H28N4OS. The van der Waals surface area contributed by atoms with Gasteiger partial charge in [0.15, 0.2) is 5.96 Å². The summed E-state index contributed by atoms with van der Waals surface area (Å²) in [6.07, 6.45) is 4.41. The fourth-order valence-corrected chi connectivity index (χ4v) is 1.92. The molecule has 0 aromatic heterocycles. The van der Waals surface area contributed by atoms with E-state index in [9.17, 15) is 4.79 Å². The molecule has 1 amide bonds. The Morgan fingerprint density at radius 1 is 1.21 bits per heavy atom. The molecule has 0 aliphatic heterocycles. The van der Waals surface area contributed by atoms with E-state index in [2.05, 4.69) is 27.2 Å². The van der Waals surface area contributed by atoms with E-state index in [-0.39, 0.29) is 18.0 Å². The van der Waals surface area contributed by atoms with Gasteiger partial charge >= 0.3 is 0 Å². The average Bonchev–Trinajstić information content (AvgIpc) is 2.30. The zero-order valence-electron chi connectivity index (χ0n) is 12.8. The van der Waals surface area contributed by atoms with Crippen molar-refractivity contribution in [2.45, 2.75) is 39.2 Å². The first-order valence-corrected chi connectivity index (χ1v) is 8.03. The SMILES string of the molecule is CN=C(NCCCCSC)NCC(=O)NC(C)(C)C. The summed E-state index contributed by atoms with van der Waals surface area (Å²) in [5, 5.41) is 9.10. The third-order valence-electron chi connectivity index (χ3n) is 2.22. The van der Waals surface area contributed by atoms with Gasteiger partial charge in [0.25, 0.3) is 0 Å². The lowest BCUT2D eigenvalue weighted by Crippen LogP contribution is -2.48. The van der Waals surface area contributed by atoms with Gasteiger partial charge in [0.2, 0.25) is 5.91 Å². The fraction of sp³-hybridized carbons (Fsp3) is 0.846. The highest BCUT2D eigenvalue weighted by Gasteiger charge is 2.13. The van der Waals surface area contributed by atoms with E-state index in [1.807, 2.05) is 32.5 Å². The summed E-state index contributed by atoms with van der Waals surface area (Å²) in [5.74, 6) is 1.83. The molecule has 5 nitrogen and oxygen atoms in total. The van der Waals surface area contributed by atoms with Gasteiger partial charge in [-0.2, -0.15) is 11.8 Å². The van der Waals surface area contributed by atoms with Crippen LogP contribution >= 0.6 is 11.8 Å². The molecule has 19 heavy (non-hydrogen) atoms. The van der Waals surface area contributed by atoms with E-state index in [0.29, 0.717) is 5.96 Å². The predicted molar refractivity (Wildman–Crippen MR) is 84.9 cm³/mol. The first-order valence-electron chi connectivity index (χ1n) is 6.63. The molecule has 0 saturated heterocycles. The minimum atomic E-state index is -0.201. The van der Waals surface area contributed by atoms with Crippen LogP contribution in [-0.2, 0) is 4.79 Å². The van der Waals surface area contributed by atoms with E-state index in [1.54, 1.807) is 7.05 Å². The maximum absolute atomic E-state index is 11.6. The number of amides is 1. The largest absolute Gasteiger partial charge is 0.356 e. The van der Waals surface area contributed by atoms with Crippen LogP contribution in [0, 0.1) is 0 Å². The fourth-order valence-electron chi connectivity index (χ4n) is 1.43. The van der Waals surface area contributed by atoms with Crippen molar-refractivity contribution >= 4 is 23.6 Å². The van der Waals surface area contributed by atoms with Crippen LogP contribution in [-0.4, -0.2) is 49.6 Å². The second-order valence-electron chi connectivity index (χ2n) is 5.35. The summed E-state index contributed by atoms with van der Waals surface area (Å²) in [7, 11) is 1.71. The predicted octanol–water partition coefficient (Wildman–Crippen LogP) is 1.21. The number of guanidine groups is 1. The van der Waals surface area contributed by atoms with Gasteiger partial charge in [-0.15, -0.1) is 0 Å². The maximum Gasteiger partial charge on any atom is 0.239 e. The molecule has 0 atom stereocenters. The standard InChI is InChI=1S/C13H28N4OS/c1-13(2,3)17-11(18)10-16-12(14-4)15-8-6-7-9-19-5/h6-10H2,1-5H3,(H,17,18)(H2,14,15,16). The lowest BCUT2D eigenvalue weighted by atomic mass is 10.1. The van der Waals surface area contributed by atoms with Gasteiger partial charge in [0.1, 0.15) is 0 Å². The van der Waals surface area contributed by atoms with Gasteiger partial charge in [-0.05, 0) is 45.6 Å². The van der Waals surface area contributed by atoms with Crippen molar-refractivity contribution in [2.24, 2.45) is 4.99 Å². The third kappa shape index (κ3) is 11.9. The van der Waals surface area contributed by atoms with Crippen LogP contribution in [0.2, 0.25) is 0 Å². The number of thioether (sulfide) groups is 1. The Bertz CT molecular complexity index is 287. The highest BCUT2D eigenvalue weighted by molar-refractivity contribution is 7.98. The molecule has 0 bridgehead atoms. The molecule has 0 heterocycles. The summed E-state index contributed by atoms with van der Waals surface area (Å²) in [4.78, 5) is 15.7. The lowest BCUT2D eigenvalue weighted by Gasteiger charge is -2.21. The number of carbonyl (C=O) groups excluding carboxylic acids is 1. The molecule has 0 saturated carbocycles. The quantitative estimate of drug-likeness (QED) is 0.374. The van der Waals surface area contributed by atoms with E-state index >= 15 is 0 Å². The molecule has 0 rings (SSSR count). The zero-order valence-corrected chi connectivity index (χ0v) is 13.6. The smallest absolute Gasteiger partial charge is 0.239 e. The summed E-state index contributed by atoms with van der Waals surface area (Å²) in [5.41, 5.74) is -0.201. The average molecular weight is 288 g/mol. The highest BCUT2D eigenvalue weighted by atomic mass is 32.2. The third-order valence-corrected chi connectivity index (χ3v) is 2.92. The van der Waals surface area contributed by atoms with Crippen molar-refractivity contribution in [3.05, 3.63) is 0 Å². The molecule has 0 aliphatic carbocycles. The van der Waals surface area contributed by atoms with E-state index in [4.69, 9.17) is 0 Å². The number of hydrogen-bond donors (Lipinski definition) is 3. The van der Waals surface area contributed by atoms with Crippen molar-refractivity contribution in [3.8, 4) is 0 Å². The topological polar surface area (TPSA) is 65.5 Å². The molecular weight excluding hydrogens is 260 g/mol. The normalized spacial score (nSPS) is 12.2. The van der Waals surface area contributed by atoms with Crippen LogP contribution < -0.4 is 16.0 Å².